The van der Waals surface area contributed by atoms with Gasteiger partial charge in [-0.15, -0.1) is 6.58 Å². The van der Waals surface area contributed by atoms with Gasteiger partial charge in [-0.2, -0.15) is 9.78 Å². The van der Waals surface area contributed by atoms with Crippen molar-refractivity contribution in [2.24, 2.45) is 5.10 Å². The third-order valence-corrected chi connectivity index (χ3v) is 5.43. The second kappa shape index (κ2) is 7.69. The minimum atomic E-state index is -0.353. The molecule has 0 bridgehead atoms. The van der Waals surface area contributed by atoms with E-state index in [0.29, 0.717) is 23.3 Å². The maximum Gasteiger partial charge on any atom is 0.282 e. The fraction of sp³-hybridized carbons (Fsp3) is 0.208. The fourth-order valence-corrected chi connectivity index (χ4v) is 3.89. The molecule has 0 atom stereocenters. The molecule has 6 heteroatoms. The van der Waals surface area contributed by atoms with Gasteiger partial charge in [0.2, 0.25) is 0 Å². The number of fused-ring (bicyclic) bond motifs is 2. The Hall–Kier alpha value is -2.99. The summed E-state index contributed by atoms with van der Waals surface area (Å²) in [6.45, 7) is 10.6. The van der Waals surface area contributed by atoms with Crippen molar-refractivity contribution < 1.29 is 0 Å². The van der Waals surface area contributed by atoms with Gasteiger partial charge in [-0.05, 0) is 24.3 Å². The van der Waals surface area contributed by atoms with Crippen LogP contribution >= 0.6 is 15.9 Å². The van der Waals surface area contributed by atoms with Crippen LogP contribution in [0.3, 0.4) is 0 Å². The molecule has 2 aromatic carbocycles. The lowest BCUT2D eigenvalue weighted by Crippen LogP contribution is -2.29. The first-order valence-corrected chi connectivity index (χ1v) is 10.5. The van der Waals surface area contributed by atoms with Crippen molar-refractivity contribution in [1.29, 1.82) is 0 Å². The highest BCUT2D eigenvalue weighted by atomic mass is 79.9. The first-order chi connectivity index (χ1) is 14.3. The highest BCUT2D eigenvalue weighted by Gasteiger charge is 2.23. The van der Waals surface area contributed by atoms with Crippen molar-refractivity contribution in [2.45, 2.75) is 32.7 Å². The molecule has 4 aromatic rings. The van der Waals surface area contributed by atoms with Crippen LogP contribution in [0.4, 0.5) is 0 Å². The van der Waals surface area contributed by atoms with Gasteiger partial charge in [-0.3, -0.25) is 4.79 Å². The van der Waals surface area contributed by atoms with Gasteiger partial charge in [-0.1, -0.05) is 61.0 Å². The van der Waals surface area contributed by atoms with E-state index >= 15 is 0 Å². The number of benzene rings is 2. The maximum absolute atomic E-state index is 13.3. The zero-order chi connectivity index (χ0) is 21.5. The van der Waals surface area contributed by atoms with Crippen LogP contribution in [0.2, 0.25) is 0 Å². The second-order valence-electron chi connectivity index (χ2n) is 8.25. The molecule has 0 N–H and O–H groups in total. The van der Waals surface area contributed by atoms with Crippen LogP contribution in [-0.2, 0) is 12.0 Å². The van der Waals surface area contributed by atoms with Crippen LogP contribution in [0, 0.1) is 0 Å². The molecule has 2 aromatic heterocycles. The Labute approximate surface area is 183 Å². The van der Waals surface area contributed by atoms with E-state index in [9.17, 15) is 4.79 Å². The molecule has 0 unspecified atom stereocenters. The normalized spacial score (nSPS) is 12.3. The molecular weight excluding hydrogens is 440 g/mol. The van der Waals surface area contributed by atoms with Crippen molar-refractivity contribution in [3.63, 3.8) is 0 Å². The molecule has 0 aliphatic carbocycles. The molecule has 5 nitrogen and oxygen atoms in total. The van der Waals surface area contributed by atoms with Crippen molar-refractivity contribution in [1.82, 2.24) is 14.2 Å². The third-order valence-electron chi connectivity index (χ3n) is 4.94. The SMILES string of the molecule is C=CCn1cc(C=Nn2c(C(C)(C)C)nc3ccc(Br)cc3c2=O)c2ccccc21. The van der Waals surface area contributed by atoms with Gasteiger partial charge < -0.3 is 4.57 Å². The smallest absolute Gasteiger partial charge is 0.282 e. The monoisotopic (exact) mass is 462 g/mol. The average Bonchev–Trinajstić information content (AvgIpc) is 3.05. The minimum Gasteiger partial charge on any atom is -0.343 e. The quantitative estimate of drug-likeness (QED) is 0.297. The van der Waals surface area contributed by atoms with Crippen LogP contribution in [0.25, 0.3) is 21.8 Å². The highest BCUT2D eigenvalue weighted by molar-refractivity contribution is 9.10. The first kappa shape index (κ1) is 20.3. The van der Waals surface area contributed by atoms with E-state index in [4.69, 9.17) is 4.98 Å². The van der Waals surface area contributed by atoms with E-state index in [2.05, 4.69) is 44.3 Å². The molecule has 30 heavy (non-hydrogen) atoms. The number of rotatable bonds is 4. The molecule has 0 saturated heterocycles. The van der Waals surface area contributed by atoms with Gasteiger partial charge in [0.1, 0.15) is 5.82 Å². The second-order valence-corrected chi connectivity index (χ2v) is 9.17. The number of nitrogens with zero attached hydrogens (tertiary/aromatic N) is 4. The molecule has 0 amide bonds. The summed E-state index contributed by atoms with van der Waals surface area (Å²) in [6.07, 6.45) is 5.63. The standard InChI is InChI=1S/C24H23BrN4O/c1-5-12-28-15-16(18-8-6-7-9-21(18)28)14-26-29-22(30)19-13-17(25)10-11-20(19)27-23(29)24(2,3)4/h5-11,13-15H,1,12H2,2-4H3. The Bertz CT molecular complexity index is 1360. The van der Waals surface area contributed by atoms with Crippen molar-refractivity contribution in [3.05, 3.63) is 87.5 Å². The number of para-hydroxylation sites is 1. The molecule has 2 heterocycles. The lowest BCUT2D eigenvalue weighted by atomic mass is 9.95. The van der Waals surface area contributed by atoms with Crippen LogP contribution < -0.4 is 5.56 Å². The number of halogens is 1. The summed E-state index contributed by atoms with van der Waals surface area (Å²) in [5.41, 5.74) is 2.17. The predicted octanol–water partition coefficient (Wildman–Crippen LogP) is 5.48. The summed E-state index contributed by atoms with van der Waals surface area (Å²) >= 11 is 3.44. The van der Waals surface area contributed by atoms with E-state index in [1.54, 1.807) is 12.3 Å². The van der Waals surface area contributed by atoms with Crippen molar-refractivity contribution in [2.75, 3.05) is 0 Å². The summed E-state index contributed by atoms with van der Waals surface area (Å²) < 4.78 is 4.38. The summed E-state index contributed by atoms with van der Waals surface area (Å²) in [5, 5.41) is 6.21. The van der Waals surface area contributed by atoms with E-state index in [0.717, 1.165) is 20.9 Å². The van der Waals surface area contributed by atoms with Crippen molar-refractivity contribution >= 4 is 44.0 Å². The maximum atomic E-state index is 13.3. The Morgan fingerprint density at radius 2 is 1.93 bits per heavy atom. The Balaban J connectivity index is 1.93. The van der Waals surface area contributed by atoms with Gasteiger partial charge >= 0.3 is 0 Å². The molecule has 0 fully saturated rings. The van der Waals surface area contributed by atoms with Gasteiger partial charge in [-0.25, -0.2) is 4.98 Å². The Morgan fingerprint density at radius 1 is 1.17 bits per heavy atom. The van der Waals surface area contributed by atoms with E-state index in [1.807, 2.05) is 57.3 Å². The summed E-state index contributed by atoms with van der Waals surface area (Å²) in [4.78, 5) is 18.1. The average molecular weight is 463 g/mol. The van der Waals surface area contributed by atoms with Crippen LogP contribution in [0.5, 0.6) is 0 Å². The van der Waals surface area contributed by atoms with Gasteiger partial charge in [0.15, 0.2) is 0 Å². The summed E-state index contributed by atoms with van der Waals surface area (Å²) in [7, 11) is 0. The molecule has 152 valence electrons. The number of aromatic nitrogens is 3. The molecular formula is C24H23BrN4O. The lowest BCUT2D eigenvalue weighted by Gasteiger charge is -2.20. The Kier molecular flexibility index (Phi) is 5.20. The minimum absolute atomic E-state index is 0.183. The molecule has 4 rings (SSSR count). The van der Waals surface area contributed by atoms with E-state index in [1.165, 1.54) is 4.68 Å². The molecule has 0 radical (unpaired) electrons. The van der Waals surface area contributed by atoms with Gasteiger partial charge in [0, 0.05) is 39.1 Å². The zero-order valence-electron chi connectivity index (χ0n) is 17.3. The Morgan fingerprint density at radius 3 is 2.67 bits per heavy atom. The number of allylic oxidation sites excluding steroid dienone is 1. The van der Waals surface area contributed by atoms with E-state index in [-0.39, 0.29) is 11.0 Å². The number of hydrogen-bond donors (Lipinski definition) is 0. The summed E-state index contributed by atoms with van der Waals surface area (Å²) in [5.74, 6) is 0.619. The molecule has 0 spiro atoms. The number of hydrogen-bond acceptors (Lipinski definition) is 3. The molecule has 0 aliphatic heterocycles. The lowest BCUT2D eigenvalue weighted by molar-refractivity contribution is 0.506. The van der Waals surface area contributed by atoms with Crippen molar-refractivity contribution in [3.8, 4) is 0 Å². The third kappa shape index (κ3) is 3.63. The van der Waals surface area contributed by atoms with Crippen LogP contribution in [0.1, 0.15) is 32.2 Å². The fourth-order valence-electron chi connectivity index (χ4n) is 3.53. The van der Waals surface area contributed by atoms with Crippen LogP contribution in [-0.4, -0.2) is 20.4 Å². The van der Waals surface area contributed by atoms with Crippen LogP contribution in [0.15, 0.2) is 75.7 Å². The highest BCUT2D eigenvalue weighted by Crippen LogP contribution is 2.24. The topological polar surface area (TPSA) is 52.2 Å². The zero-order valence-corrected chi connectivity index (χ0v) is 18.8. The van der Waals surface area contributed by atoms with E-state index < -0.39 is 0 Å². The molecule has 0 saturated carbocycles. The first-order valence-electron chi connectivity index (χ1n) is 9.75. The largest absolute Gasteiger partial charge is 0.343 e. The van der Waals surface area contributed by atoms with Gasteiger partial charge in [0.25, 0.3) is 5.56 Å². The summed E-state index contributed by atoms with van der Waals surface area (Å²) in [6, 6.07) is 13.7. The predicted molar refractivity (Wildman–Crippen MR) is 128 cm³/mol. The molecule has 0 aliphatic rings. The van der Waals surface area contributed by atoms with Gasteiger partial charge in [0.05, 0.1) is 17.1 Å².